The highest BCUT2D eigenvalue weighted by Crippen LogP contribution is 2.28. The molecule has 4 nitrogen and oxygen atoms in total. The zero-order valence-corrected chi connectivity index (χ0v) is 12.9. The topological polar surface area (TPSA) is 49.6 Å². The first-order valence-corrected chi connectivity index (χ1v) is 7.72. The largest absolute Gasteiger partial charge is 0.345 e. The average molecular weight is 269 g/mol. The molecule has 0 bridgehead atoms. The van der Waals surface area contributed by atoms with Gasteiger partial charge in [0.2, 0.25) is 5.91 Å². The molecule has 0 aromatic carbocycles. The minimum absolute atomic E-state index is 0.216. The first-order valence-electron chi connectivity index (χ1n) is 7.72. The Bertz CT molecular complexity index is 262. The van der Waals surface area contributed by atoms with Gasteiger partial charge in [0.25, 0.3) is 0 Å². The van der Waals surface area contributed by atoms with Crippen LogP contribution < -0.4 is 5.73 Å². The van der Waals surface area contributed by atoms with Crippen molar-refractivity contribution in [3.8, 4) is 0 Å². The molecule has 4 heteroatoms. The van der Waals surface area contributed by atoms with Gasteiger partial charge in [-0.1, -0.05) is 13.3 Å². The molecule has 0 unspecified atom stereocenters. The third kappa shape index (κ3) is 5.49. The molecule has 0 aliphatic heterocycles. The van der Waals surface area contributed by atoms with Crippen LogP contribution in [0.4, 0.5) is 0 Å². The van der Waals surface area contributed by atoms with Gasteiger partial charge in [-0.15, -0.1) is 0 Å². The zero-order valence-electron chi connectivity index (χ0n) is 12.9. The van der Waals surface area contributed by atoms with E-state index in [9.17, 15) is 4.79 Å². The number of carbonyl (C=O) groups excluding carboxylic acids is 1. The Morgan fingerprint density at radius 2 is 1.84 bits per heavy atom. The van der Waals surface area contributed by atoms with Crippen LogP contribution in [0.2, 0.25) is 0 Å². The highest BCUT2D eigenvalue weighted by Gasteiger charge is 2.24. The molecule has 1 aliphatic rings. The Morgan fingerprint density at radius 1 is 1.21 bits per heavy atom. The lowest BCUT2D eigenvalue weighted by Gasteiger charge is -2.34. The van der Waals surface area contributed by atoms with Crippen LogP contribution in [0.25, 0.3) is 0 Å². The number of hydrogen-bond donors (Lipinski definition) is 1. The summed E-state index contributed by atoms with van der Waals surface area (Å²) in [6.45, 7) is 4.24. The van der Waals surface area contributed by atoms with Crippen LogP contribution in [0.3, 0.4) is 0 Å². The van der Waals surface area contributed by atoms with Crippen LogP contribution >= 0.6 is 0 Å². The van der Waals surface area contributed by atoms with Crippen molar-refractivity contribution in [1.29, 1.82) is 0 Å². The summed E-state index contributed by atoms with van der Waals surface area (Å²) < 4.78 is 0. The van der Waals surface area contributed by atoms with E-state index < -0.39 is 0 Å². The van der Waals surface area contributed by atoms with Crippen molar-refractivity contribution < 1.29 is 4.79 Å². The molecule has 112 valence electrons. The van der Waals surface area contributed by atoms with E-state index >= 15 is 0 Å². The second-order valence-electron chi connectivity index (χ2n) is 5.96. The van der Waals surface area contributed by atoms with Crippen molar-refractivity contribution in [1.82, 2.24) is 9.80 Å². The van der Waals surface area contributed by atoms with Gasteiger partial charge in [-0.3, -0.25) is 9.69 Å². The maximum absolute atomic E-state index is 12.1. The summed E-state index contributed by atoms with van der Waals surface area (Å²) in [6.07, 6.45) is 7.32. The Labute approximate surface area is 118 Å². The normalized spacial score (nSPS) is 23.6. The van der Waals surface area contributed by atoms with Gasteiger partial charge in [0.05, 0.1) is 6.54 Å². The van der Waals surface area contributed by atoms with E-state index in [1.54, 1.807) is 4.90 Å². The molecule has 1 amide bonds. The molecule has 0 atom stereocenters. The van der Waals surface area contributed by atoms with Gasteiger partial charge in [-0.2, -0.15) is 0 Å². The Balaban J connectivity index is 2.30. The van der Waals surface area contributed by atoms with E-state index in [-0.39, 0.29) is 5.91 Å². The second-order valence-corrected chi connectivity index (χ2v) is 5.96. The predicted octanol–water partition coefficient (Wildman–Crippen LogP) is 1.69. The molecule has 1 saturated carbocycles. The summed E-state index contributed by atoms with van der Waals surface area (Å²) in [5.74, 6) is 1.13. The monoisotopic (exact) mass is 269 g/mol. The van der Waals surface area contributed by atoms with E-state index in [1.165, 1.54) is 32.1 Å². The summed E-state index contributed by atoms with van der Waals surface area (Å²) in [6, 6.07) is 0.592. The molecule has 0 heterocycles. The van der Waals surface area contributed by atoms with Crippen LogP contribution in [0.15, 0.2) is 0 Å². The second kappa shape index (κ2) is 8.54. The molecule has 2 N–H and O–H groups in total. The summed E-state index contributed by atoms with van der Waals surface area (Å²) in [7, 11) is 3.96. The van der Waals surface area contributed by atoms with Crippen LogP contribution in [0, 0.1) is 5.92 Å². The smallest absolute Gasteiger partial charge is 0.236 e. The highest BCUT2D eigenvalue weighted by molar-refractivity contribution is 5.77. The minimum Gasteiger partial charge on any atom is -0.345 e. The Hall–Kier alpha value is -0.610. The Kier molecular flexibility index (Phi) is 7.39. The van der Waals surface area contributed by atoms with Gasteiger partial charge in [0.1, 0.15) is 0 Å². The van der Waals surface area contributed by atoms with E-state index in [4.69, 9.17) is 5.73 Å². The number of nitrogens with zero attached hydrogens (tertiary/aromatic N) is 2. The molecular formula is C15H31N3O. The SMILES string of the molecule is CCC1CCC(N(C)CC(=O)N(C)CCCN)CC1. The third-order valence-electron chi connectivity index (χ3n) is 4.53. The zero-order chi connectivity index (χ0) is 14.3. The number of rotatable bonds is 7. The van der Waals surface area contributed by atoms with Crippen molar-refractivity contribution in [2.75, 3.05) is 33.7 Å². The number of likely N-dealkylation sites (N-methyl/N-ethyl adjacent to an activating group) is 2. The maximum Gasteiger partial charge on any atom is 0.236 e. The van der Waals surface area contributed by atoms with Gasteiger partial charge in [-0.05, 0) is 51.6 Å². The molecular weight excluding hydrogens is 238 g/mol. The maximum atomic E-state index is 12.1. The van der Waals surface area contributed by atoms with Crippen molar-refractivity contribution in [3.63, 3.8) is 0 Å². The fraction of sp³-hybridized carbons (Fsp3) is 0.933. The number of hydrogen-bond acceptors (Lipinski definition) is 3. The van der Waals surface area contributed by atoms with Gasteiger partial charge in [0.15, 0.2) is 0 Å². The predicted molar refractivity (Wildman–Crippen MR) is 80.0 cm³/mol. The van der Waals surface area contributed by atoms with Crippen molar-refractivity contribution in [3.05, 3.63) is 0 Å². The highest BCUT2D eigenvalue weighted by atomic mass is 16.2. The van der Waals surface area contributed by atoms with Gasteiger partial charge < -0.3 is 10.6 Å². The van der Waals surface area contributed by atoms with Crippen molar-refractivity contribution in [2.45, 2.75) is 51.5 Å². The van der Waals surface area contributed by atoms with Crippen molar-refractivity contribution in [2.24, 2.45) is 11.7 Å². The van der Waals surface area contributed by atoms with E-state index in [0.29, 0.717) is 19.1 Å². The van der Waals surface area contributed by atoms with Gasteiger partial charge >= 0.3 is 0 Å². The number of amides is 1. The summed E-state index contributed by atoms with van der Waals surface area (Å²) >= 11 is 0. The van der Waals surface area contributed by atoms with Crippen LogP contribution in [0.1, 0.15) is 45.4 Å². The third-order valence-corrected chi connectivity index (χ3v) is 4.53. The molecule has 19 heavy (non-hydrogen) atoms. The molecule has 0 aromatic rings. The lowest BCUT2D eigenvalue weighted by atomic mass is 9.84. The molecule has 0 spiro atoms. The fourth-order valence-electron chi connectivity index (χ4n) is 2.91. The van der Waals surface area contributed by atoms with Crippen LogP contribution in [-0.2, 0) is 4.79 Å². The first kappa shape index (κ1) is 16.4. The lowest BCUT2D eigenvalue weighted by molar-refractivity contribution is -0.131. The number of nitrogens with two attached hydrogens (primary N) is 1. The first-order chi connectivity index (χ1) is 9.08. The summed E-state index contributed by atoms with van der Waals surface area (Å²) in [5.41, 5.74) is 5.47. The molecule has 0 saturated heterocycles. The standard InChI is InChI=1S/C15H31N3O/c1-4-13-6-8-14(9-7-13)18(3)12-15(19)17(2)11-5-10-16/h13-14H,4-12,16H2,1-3H3. The van der Waals surface area contributed by atoms with E-state index in [1.807, 2.05) is 7.05 Å². The number of carbonyl (C=O) groups is 1. The Morgan fingerprint density at radius 3 is 2.37 bits per heavy atom. The average Bonchev–Trinajstić information content (AvgIpc) is 2.44. The fourth-order valence-corrected chi connectivity index (χ4v) is 2.91. The van der Waals surface area contributed by atoms with Crippen LogP contribution in [-0.4, -0.2) is 55.5 Å². The molecule has 1 aliphatic carbocycles. The van der Waals surface area contributed by atoms with E-state index in [2.05, 4.69) is 18.9 Å². The minimum atomic E-state index is 0.216. The quantitative estimate of drug-likeness (QED) is 0.765. The molecule has 1 fully saturated rings. The van der Waals surface area contributed by atoms with Crippen LogP contribution in [0.5, 0.6) is 0 Å². The molecule has 0 radical (unpaired) electrons. The summed E-state index contributed by atoms with van der Waals surface area (Å²) in [5, 5.41) is 0. The van der Waals surface area contributed by atoms with Gasteiger partial charge in [-0.25, -0.2) is 0 Å². The lowest BCUT2D eigenvalue weighted by Crippen LogP contribution is -2.43. The summed E-state index contributed by atoms with van der Waals surface area (Å²) in [4.78, 5) is 16.1. The molecule has 0 aromatic heterocycles. The molecule has 1 rings (SSSR count). The van der Waals surface area contributed by atoms with E-state index in [0.717, 1.165) is 18.9 Å². The van der Waals surface area contributed by atoms with Crippen molar-refractivity contribution >= 4 is 5.91 Å². The van der Waals surface area contributed by atoms with Gasteiger partial charge in [0, 0.05) is 19.6 Å².